The first kappa shape index (κ1) is 12.4. The van der Waals surface area contributed by atoms with Gasteiger partial charge >= 0.3 is 0 Å². The van der Waals surface area contributed by atoms with Gasteiger partial charge in [-0.05, 0) is 24.6 Å². The third-order valence-corrected chi connectivity index (χ3v) is 3.14. The summed E-state index contributed by atoms with van der Waals surface area (Å²) in [4.78, 5) is 10.4. The molecule has 82 valence electrons. The molecule has 0 fully saturated rings. The van der Waals surface area contributed by atoms with Crippen molar-refractivity contribution in [2.45, 2.75) is 13.0 Å². The minimum atomic E-state index is -0.321. The SMILES string of the molecule is Cl.O=[N+]([O-])c1ccc(Br)c2c1CNCC2. The van der Waals surface area contributed by atoms with Gasteiger partial charge in [0.15, 0.2) is 0 Å². The molecule has 0 radical (unpaired) electrons. The molecule has 0 aliphatic carbocycles. The molecule has 1 N–H and O–H groups in total. The number of rotatable bonds is 1. The van der Waals surface area contributed by atoms with E-state index in [1.54, 1.807) is 12.1 Å². The minimum Gasteiger partial charge on any atom is -0.312 e. The van der Waals surface area contributed by atoms with Gasteiger partial charge in [-0.1, -0.05) is 15.9 Å². The first-order chi connectivity index (χ1) is 6.70. The summed E-state index contributed by atoms with van der Waals surface area (Å²) in [6.45, 7) is 1.47. The van der Waals surface area contributed by atoms with E-state index in [0.717, 1.165) is 28.6 Å². The molecule has 0 aromatic heterocycles. The molecule has 15 heavy (non-hydrogen) atoms. The predicted molar refractivity (Wildman–Crippen MR) is 63.5 cm³/mol. The van der Waals surface area contributed by atoms with E-state index >= 15 is 0 Å². The zero-order chi connectivity index (χ0) is 10.1. The molecule has 1 heterocycles. The Morgan fingerprint density at radius 2 is 2.13 bits per heavy atom. The van der Waals surface area contributed by atoms with E-state index in [1.807, 2.05) is 0 Å². The molecule has 0 unspecified atom stereocenters. The quantitative estimate of drug-likeness (QED) is 0.639. The van der Waals surface area contributed by atoms with Crippen LogP contribution < -0.4 is 5.32 Å². The van der Waals surface area contributed by atoms with Crippen LogP contribution in [0.2, 0.25) is 0 Å². The summed E-state index contributed by atoms with van der Waals surface area (Å²) >= 11 is 3.41. The number of nitro benzene ring substituents is 1. The van der Waals surface area contributed by atoms with Gasteiger partial charge < -0.3 is 5.32 Å². The summed E-state index contributed by atoms with van der Waals surface area (Å²) in [5.74, 6) is 0. The minimum absolute atomic E-state index is 0. The Hall–Kier alpha value is -0.650. The number of nitro groups is 1. The summed E-state index contributed by atoms with van der Waals surface area (Å²) in [7, 11) is 0. The normalized spacial score (nSPS) is 13.9. The Bertz CT molecular complexity index is 398. The molecule has 4 nitrogen and oxygen atoms in total. The van der Waals surface area contributed by atoms with Crippen molar-refractivity contribution < 1.29 is 4.92 Å². The van der Waals surface area contributed by atoms with Crippen molar-refractivity contribution >= 4 is 34.0 Å². The van der Waals surface area contributed by atoms with E-state index in [4.69, 9.17) is 0 Å². The van der Waals surface area contributed by atoms with E-state index in [2.05, 4.69) is 21.2 Å². The van der Waals surface area contributed by atoms with Gasteiger partial charge in [-0.25, -0.2) is 0 Å². The van der Waals surface area contributed by atoms with Crippen LogP contribution in [0.3, 0.4) is 0 Å². The fraction of sp³-hybridized carbons (Fsp3) is 0.333. The Morgan fingerprint density at radius 3 is 2.80 bits per heavy atom. The number of benzene rings is 1. The molecule has 0 atom stereocenters. The van der Waals surface area contributed by atoms with Gasteiger partial charge in [0.2, 0.25) is 0 Å². The van der Waals surface area contributed by atoms with E-state index in [-0.39, 0.29) is 23.0 Å². The average molecular weight is 294 g/mol. The number of nitrogens with zero attached hydrogens (tertiary/aromatic N) is 1. The lowest BCUT2D eigenvalue weighted by Gasteiger charge is -2.17. The fourth-order valence-corrected chi connectivity index (χ4v) is 2.29. The van der Waals surface area contributed by atoms with Crippen molar-refractivity contribution in [1.82, 2.24) is 5.32 Å². The summed E-state index contributed by atoms with van der Waals surface area (Å²) in [6.07, 6.45) is 0.845. The van der Waals surface area contributed by atoms with E-state index in [1.165, 1.54) is 0 Å². The van der Waals surface area contributed by atoms with E-state index < -0.39 is 0 Å². The number of nitrogens with one attached hydrogen (secondary N) is 1. The second-order valence-corrected chi connectivity index (χ2v) is 4.06. The fourth-order valence-electron chi connectivity index (χ4n) is 1.72. The van der Waals surface area contributed by atoms with Crippen LogP contribution in [0.1, 0.15) is 11.1 Å². The van der Waals surface area contributed by atoms with Crippen LogP contribution in [0.25, 0.3) is 0 Å². The van der Waals surface area contributed by atoms with Gasteiger partial charge in [-0.15, -0.1) is 12.4 Å². The standard InChI is InChI=1S/C9H9BrN2O2.ClH/c10-8-1-2-9(12(13)14)7-5-11-4-3-6(7)8;/h1-2,11H,3-5H2;1H. The van der Waals surface area contributed by atoms with Crippen molar-refractivity contribution in [1.29, 1.82) is 0 Å². The second kappa shape index (κ2) is 4.92. The zero-order valence-corrected chi connectivity index (χ0v) is 10.2. The van der Waals surface area contributed by atoms with Crippen LogP contribution in [0.15, 0.2) is 16.6 Å². The highest BCUT2D eigenvalue weighted by Gasteiger charge is 2.21. The molecule has 0 saturated heterocycles. The van der Waals surface area contributed by atoms with Crippen molar-refractivity contribution in [3.05, 3.63) is 37.8 Å². The Kier molecular flexibility index (Phi) is 4.07. The van der Waals surface area contributed by atoms with Crippen LogP contribution in [-0.4, -0.2) is 11.5 Å². The second-order valence-electron chi connectivity index (χ2n) is 3.21. The smallest absolute Gasteiger partial charge is 0.274 e. The third kappa shape index (κ3) is 2.30. The van der Waals surface area contributed by atoms with Crippen molar-refractivity contribution in [2.24, 2.45) is 0 Å². The molecule has 1 aromatic rings. The highest BCUT2D eigenvalue weighted by atomic mass is 79.9. The Balaban J connectivity index is 0.00000112. The zero-order valence-electron chi connectivity index (χ0n) is 7.83. The van der Waals surface area contributed by atoms with Crippen LogP contribution in [0.5, 0.6) is 0 Å². The third-order valence-electron chi connectivity index (χ3n) is 2.40. The lowest BCUT2D eigenvalue weighted by atomic mass is 9.99. The largest absolute Gasteiger partial charge is 0.312 e. The molecular weight excluding hydrogens is 283 g/mol. The van der Waals surface area contributed by atoms with Crippen LogP contribution in [0, 0.1) is 10.1 Å². The van der Waals surface area contributed by atoms with Crippen molar-refractivity contribution in [2.75, 3.05) is 6.54 Å². The van der Waals surface area contributed by atoms with Crippen molar-refractivity contribution in [3.8, 4) is 0 Å². The van der Waals surface area contributed by atoms with Crippen LogP contribution in [0.4, 0.5) is 5.69 Å². The predicted octanol–water partition coefficient (Wildman–Crippen LogP) is 2.42. The molecule has 0 amide bonds. The Labute approximate surface area is 102 Å². The maximum Gasteiger partial charge on any atom is 0.274 e. The average Bonchev–Trinajstić information content (AvgIpc) is 2.18. The maximum absolute atomic E-state index is 10.7. The first-order valence-electron chi connectivity index (χ1n) is 4.35. The monoisotopic (exact) mass is 292 g/mol. The summed E-state index contributed by atoms with van der Waals surface area (Å²) < 4.78 is 0.972. The van der Waals surface area contributed by atoms with Gasteiger partial charge in [0.1, 0.15) is 0 Å². The molecule has 6 heteroatoms. The summed E-state index contributed by atoms with van der Waals surface area (Å²) in [5.41, 5.74) is 2.10. The van der Waals surface area contributed by atoms with Gasteiger partial charge in [0, 0.05) is 22.6 Å². The Morgan fingerprint density at radius 1 is 1.40 bits per heavy atom. The summed E-state index contributed by atoms with van der Waals surface area (Å²) in [5, 5.41) is 13.9. The van der Waals surface area contributed by atoms with Crippen LogP contribution >= 0.6 is 28.3 Å². The topological polar surface area (TPSA) is 55.2 Å². The van der Waals surface area contributed by atoms with Gasteiger partial charge in [0.25, 0.3) is 5.69 Å². The summed E-state index contributed by atoms with van der Waals surface area (Å²) in [6, 6.07) is 3.30. The number of halogens is 2. The number of hydrogen-bond donors (Lipinski definition) is 1. The van der Waals surface area contributed by atoms with Crippen LogP contribution in [-0.2, 0) is 13.0 Å². The van der Waals surface area contributed by atoms with Gasteiger partial charge in [0.05, 0.1) is 4.92 Å². The molecule has 2 rings (SSSR count). The highest BCUT2D eigenvalue weighted by molar-refractivity contribution is 9.10. The molecule has 0 saturated carbocycles. The van der Waals surface area contributed by atoms with E-state index in [9.17, 15) is 10.1 Å². The molecule has 1 aliphatic rings. The first-order valence-corrected chi connectivity index (χ1v) is 5.15. The lowest BCUT2D eigenvalue weighted by molar-refractivity contribution is -0.385. The molecular formula is C9H10BrClN2O2. The van der Waals surface area contributed by atoms with Gasteiger partial charge in [-0.3, -0.25) is 10.1 Å². The highest BCUT2D eigenvalue weighted by Crippen LogP contribution is 2.30. The number of fused-ring (bicyclic) bond motifs is 1. The maximum atomic E-state index is 10.7. The molecule has 0 bridgehead atoms. The number of hydrogen-bond acceptors (Lipinski definition) is 3. The van der Waals surface area contributed by atoms with E-state index in [0.29, 0.717) is 6.54 Å². The van der Waals surface area contributed by atoms with Gasteiger partial charge in [-0.2, -0.15) is 0 Å². The molecule has 1 aromatic carbocycles. The van der Waals surface area contributed by atoms with Crippen molar-refractivity contribution in [3.63, 3.8) is 0 Å². The molecule has 0 spiro atoms. The molecule has 1 aliphatic heterocycles. The lowest BCUT2D eigenvalue weighted by Crippen LogP contribution is -2.24.